The molecule has 0 unspecified atom stereocenters. The smallest absolute Gasteiger partial charge is 0.259 e. The molecule has 5 nitrogen and oxygen atoms in total. The first-order valence-corrected chi connectivity index (χ1v) is 11.3. The van der Waals surface area contributed by atoms with Gasteiger partial charge in [0.05, 0.1) is 12.8 Å². The number of rotatable bonds is 8. The van der Waals surface area contributed by atoms with Crippen LogP contribution in [0, 0.1) is 3.57 Å². The third kappa shape index (κ3) is 5.85. The Morgan fingerprint density at radius 3 is 2.53 bits per heavy atom. The third-order valence-corrected chi connectivity index (χ3v) is 5.59. The van der Waals surface area contributed by atoms with Gasteiger partial charge in [0.2, 0.25) is 0 Å². The molecule has 0 aliphatic rings. The molecule has 4 aromatic carbocycles. The van der Waals surface area contributed by atoms with E-state index in [-0.39, 0.29) is 12.5 Å². The van der Waals surface area contributed by atoms with Crippen molar-refractivity contribution < 1.29 is 9.53 Å². The Kier molecular flexibility index (Phi) is 7.34. The van der Waals surface area contributed by atoms with Gasteiger partial charge in [-0.25, -0.2) is 5.43 Å². The molecule has 0 radical (unpaired) electrons. The molecule has 4 aromatic rings. The Morgan fingerprint density at radius 1 is 0.906 bits per heavy atom. The maximum absolute atomic E-state index is 12.1. The van der Waals surface area contributed by atoms with E-state index in [1.165, 1.54) is 10.8 Å². The van der Waals surface area contributed by atoms with Gasteiger partial charge in [0.1, 0.15) is 12.4 Å². The third-order valence-electron chi connectivity index (χ3n) is 4.87. The SMILES string of the molecule is O=C(CNc1ccc(I)cc1)N/N=C\c1ccccc1OCc1cccc2ccccc12. The summed E-state index contributed by atoms with van der Waals surface area (Å²) in [6.45, 7) is 0.579. The lowest BCUT2D eigenvalue weighted by atomic mass is 10.1. The number of fused-ring (bicyclic) bond motifs is 1. The van der Waals surface area contributed by atoms with Crippen molar-refractivity contribution in [1.29, 1.82) is 0 Å². The van der Waals surface area contributed by atoms with E-state index in [2.05, 4.69) is 62.7 Å². The summed E-state index contributed by atoms with van der Waals surface area (Å²) < 4.78 is 7.23. The number of anilines is 1. The molecule has 160 valence electrons. The number of nitrogens with one attached hydrogen (secondary N) is 2. The summed E-state index contributed by atoms with van der Waals surface area (Å²) >= 11 is 2.24. The Balaban J connectivity index is 1.35. The van der Waals surface area contributed by atoms with Gasteiger partial charge < -0.3 is 10.1 Å². The molecule has 0 atom stereocenters. The second-order valence-corrected chi connectivity index (χ2v) is 8.36. The Bertz CT molecular complexity index is 1230. The zero-order chi connectivity index (χ0) is 22.2. The number of hydrogen-bond acceptors (Lipinski definition) is 4. The van der Waals surface area contributed by atoms with Crippen molar-refractivity contribution in [2.45, 2.75) is 6.61 Å². The molecule has 0 aliphatic heterocycles. The standard InChI is InChI=1S/C26H22IN3O2/c27-22-12-14-23(15-13-22)28-17-26(31)30-29-16-20-7-2-4-11-25(20)32-18-21-9-5-8-19-6-1-3-10-24(19)21/h1-16,28H,17-18H2,(H,30,31)/b29-16-. The van der Waals surface area contributed by atoms with Crippen LogP contribution in [0.5, 0.6) is 5.75 Å². The van der Waals surface area contributed by atoms with Crippen molar-refractivity contribution >= 4 is 51.2 Å². The second kappa shape index (κ2) is 10.8. The molecule has 2 N–H and O–H groups in total. The number of carbonyl (C=O) groups is 1. The van der Waals surface area contributed by atoms with E-state index < -0.39 is 0 Å². The Labute approximate surface area is 200 Å². The number of hydrogen-bond donors (Lipinski definition) is 2. The van der Waals surface area contributed by atoms with Crippen LogP contribution in [0.25, 0.3) is 10.8 Å². The van der Waals surface area contributed by atoms with Crippen LogP contribution in [0.3, 0.4) is 0 Å². The van der Waals surface area contributed by atoms with E-state index >= 15 is 0 Å². The van der Waals surface area contributed by atoms with E-state index in [0.717, 1.165) is 20.4 Å². The molecular formula is C26H22IN3O2. The largest absolute Gasteiger partial charge is 0.488 e. The summed E-state index contributed by atoms with van der Waals surface area (Å²) in [6, 6.07) is 29.9. The molecule has 0 saturated heterocycles. The van der Waals surface area contributed by atoms with Gasteiger partial charge in [-0.1, -0.05) is 54.6 Å². The predicted octanol–water partition coefficient (Wildman–Crippen LogP) is 5.59. The summed E-state index contributed by atoms with van der Waals surface area (Å²) in [7, 11) is 0. The highest BCUT2D eigenvalue weighted by atomic mass is 127. The molecule has 0 bridgehead atoms. The lowest BCUT2D eigenvalue weighted by Crippen LogP contribution is -2.25. The molecule has 1 amide bonds. The van der Waals surface area contributed by atoms with Crippen LogP contribution in [0.15, 0.2) is 96.1 Å². The molecule has 0 saturated carbocycles. The molecule has 0 heterocycles. The van der Waals surface area contributed by atoms with E-state index in [1.54, 1.807) is 6.21 Å². The maximum Gasteiger partial charge on any atom is 0.259 e. The summed E-state index contributed by atoms with van der Waals surface area (Å²) in [5.41, 5.74) is 5.34. The average Bonchev–Trinajstić information content (AvgIpc) is 2.83. The Hall–Kier alpha value is -3.39. The zero-order valence-electron chi connectivity index (χ0n) is 17.3. The second-order valence-electron chi connectivity index (χ2n) is 7.12. The van der Waals surface area contributed by atoms with Crippen LogP contribution in [0.4, 0.5) is 5.69 Å². The fourth-order valence-corrected chi connectivity index (χ4v) is 3.62. The van der Waals surface area contributed by atoms with Crippen LogP contribution in [-0.2, 0) is 11.4 Å². The number of para-hydroxylation sites is 1. The number of benzene rings is 4. The monoisotopic (exact) mass is 535 g/mol. The minimum atomic E-state index is -0.228. The molecule has 0 aromatic heterocycles. The predicted molar refractivity (Wildman–Crippen MR) is 138 cm³/mol. The molecule has 4 rings (SSSR count). The molecular weight excluding hydrogens is 513 g/mol. The normalized spacial score (nSPS) is 10.9. The fraction of sp³-hybridized carbons (Fsp3) is 0.0769. The van der Waals surface area contributed by atoms with Gasteiger partial charge in [0.15, 0.2) is 0 Å². The van der Waals surface area contributed by atoms with Crippen LogP contribution in [-0.4, -0.2) is 18.7 Å². The molecule has 0 aliphatic carbocycles. The quantitative estimate of drug-likeness (QED) is 0.176. The van der Waals surface area contributed by atoms with Gasteiger partial charge >= 0.3 is 0 Å². The van der Waals surface area contributed by atoms with Crippen LogP contribution in [0.1, 0.15) is 11.1 Å². The van der Waals surface area contributed by atoms with Gasteiger partial charge in [-0.15, -0.1) is 0 Å². The highest BCUT2D eigenvalue weighted by Gasteiger charge is 2.05. The summed E-state index contributed by atoms with van der Waals surface area (Å²) in [5.74, 6) is 0.476. The summed E-state index contributed by atoms with van der Waals surface area (Å²) in [4.78, 5) is 12.1. The van der Waals surface area contributed by atoms with E-state index in [1.807, 2.05) is 66.7 Å². The first kappa shape index (κ1) is 21.8. The highest BCUT2D eigenvalue weighted by Crippen LogP contribution is 2.22. The van der Waals surface area contributed by atoms with Gasteiger partial charge in [0, 0.05) is 14.8 Å². The van der Waals surface area contributed by atoms with E-state index in [4.69, 9.17) is 4.74 Å². The number of amides is 1. The first-order valence-electron chi connectivity index (χ1n) is 10.2. The van der Waals surface area contributed by atoms with Crippen molar-refractivity contribution in [1.82, 2.24) is 5.43 Å². The first-order chi connectivity index (χ1) is 15.7. The number of hydrazone groups is 1. The van der Waals surface area contributed by atoms with E-state index in [0.29, 0.717) is 12.4 Å². The van der Waals surface area contributed by atoms with Crippen molar-refractivity contribution in [2.75, 3.05) is 11.9 Å². The van der Waals surface area contributed by atoms with E-state index in [9.17, 15) is 4.79 Å². The Morgan fingerprint density at radius 2 is 1.66 bits per heavy atom. The van der Waals surface area contributed by atoms with Crippen LogP contribution in [0.2, 0.25) is 0 Å². The fourth-order valence-electron chi connectivity index (χ4n) is 3.26. The van der Waals surface area contributed by atoms with Crippen LogP contribution >= 0.6 is 22.6 Å². The minimum Gasteiger partial charge on any atom is -0.488 e. The van der Waals surface area contributed by atoms with Gasteiger partial charge in [-0.2, -0.15) is 5.10 Å². The maximum atomic E-state index is 12.1. The number of carbonyl (C=O) groups excluding carboxylic acids is 1. The lowest BCUT2D eigenvalue weighted by molar-refractivity contribution is -0.119. The number of halogens is 1. The van der Waals surface area contributed by atoms with Gasteiger partial charge in [-0.3, -0.25) is 4.79 Å². The topological polar surface area (TPSA) is 62.7 Å². The summed E-state index contributed by atoms with van der Waals surface area (Å²) in [5, 5.41) is 9.52. The van der Waals surface area contributed by atoms with Gasteiger partial charge in [0.25, 0.3) is 5.91 Å². The molecule has 0 fully saturated rings. The van der Waals surface area contributed by atoms with Crippen molar-refractivity contribution in [2.24, 2.45) is 5.10 Å². The molecule has 32 heavy (non-hydrogen) atoms. The van der Waals surface area contributed by atoms with Crippen molar-refractivity contribution in [3.8, 4) is 5.75 Å². The number of ether oxygens (including phenoxy) is 1. The van der Waals surface area contributed by atoms with Crippen molar-refractivity contribution in [3.05, 3.63) is 106 Å². The molecule has 6 heteroatoms. The van der Waals surface area contributed by atoms with Crippen molar-refractivity contribution in [3.63, 3.8) is 0 Å². The number of nitrogens with zero attached hydrogens (tertiary/aromatic N) is 1. The zero-order valence-corrected chi connectivity index (χ0v) is 19.5. The van der Waals surface area contributed by atoms with Crippen LogP contribution < -0.4 is 15.5 Å². The average molecular weight is 535 g/mol. The lowest BCUT2D eigenvalue weighted by Gasteiger charge is -2.11. The van der Waals surface area contributed by atoms with Gasteiger partial charge in [-0.05, 0) is 75.3 Å². The minimum absolute atomic E-state index is 0.136. The summed E-state index contributed by atoms with van der Waals surface area (Å²) in [6.07, 6.45) is 1.60. The molecule has 0 spiro atoms. The highest BCUT2D eigenvalue weighted by molar-refractivity contribution is 14.1.